The first-order valence-corrected chi connectivity index (χ1v) is 6.64. The third-order valence-electron chi connectivity index (χ3n) is 3.71. The maximum absolute atomic E-state index is 6.17. The Bertz CT molecular complexity index is 587. The normalized spacial score (nSPS) is 17.4. The molecule has 0 saturated heterocycles. The second-order valence-electron chi connectivity index (χ2n) is 5.02. The molecule has 1 heterocycles. The maximum atomic E-state index is 6.17. The van der Waals surface area contributed by atoms with Crippen LogP contribution in [0.25, 0.3) is 0 Å². The number of hydrogen-bond donors (Lipinski definition) is 1. The molecule has 0 spiro atoms. The van der Waals surface area contributed by atoms with Gasteiger partial charge in [-0.3, -0.25) is 0 Å². The number of nitrogens with one attached hydrogen (secondary N) is 1. The molecule has 0 amide bonds. The third-order valence-corrected chi connectivity index (χ3v) is 4.12. The molecule has 0 aliphatic carbocycles. The van der Waals surface area contributed by atoms with Crippen LogP contribution in [0.3, 0.4) is 0 Å². The molecule has 0 saturated carbocycles. The lowest BCUT2D eigenvalue weighted by atomic mass is 10.0. The SMILES string of the molecule is Cc1ccc(C2Cc3ccc(Cl)c(C)c3N2)cc1. The summed E-state index contributed by atoms with van der Waals surface area (Å²) in [6.07, 6.45) is 1.04. The van der Waals surface area contributed by atoms with Gasteiger partial charge in [0.15, 0.2) is 0 Å². The van der Waals surface area contributed by atoms with Gasteiger partial charge in [-0.2, -0.15) is 0 Å². The van der Waals surface area contributed by atoms with Crippen molar-refractivity contribution in [3.05, 3.63) is 63.7 Å². The van der Waals surface area contributed by atoms with Crippen LogP contribution in [0.1, 0.15) is 28.3 Å². The molecule has 0 radical (unpaired) electrons. The topological polar surface area (TPSA) is 12.0 Å². The fraction of sp³-hybridized carbons (Fsp3) is 0.250. The number of aryl methyl sites for hydroxylation is 1. The van der Waals surface area contributed by atoms with Gasteiger partial charge in [0.05, 0.1) is 6.04 Å². The van der Waals surface area contributed by atoms with Crippen molar-refractivity contribution in [2.24, 2.45) is 0 Å². The molecule has 1 aliphatic rings. The van der Waals surface area contributed by atoms with E-state index < -0.39 is 0 Å². The minimum atomic E-state index is 0.373. The molecule has 1 nitrogen and oxygen atoms in total. The Kier molecular flexibility index (Phi) is 2.79. The molecule has 1 unspecified atom stereocenters. The number of hydrogen-bond acceptors (Lipinski definition) is 1. The van der Waals surface area contributed by atoms with Crippen molar-refractivity contribution in [3.63, 3.8) is 0 Å². The lowest BCUT2D eigenvalue weighted by Gasteiger charge is -2.13. The molecule has 3 rings (SSSR count). The van der Waals surface area contributed by atoms with Crippen molar-refractivity contribution >= 4 is 17.3 Å². The van der Waals surface area contributed by atoms with Gasteiger partial charge in [0.1, 0.15) is 0 Å². The average Bonchev–Trinajstić information content (AvgIpc) is 2.80. The minimum Gasteiger partial charge on any atom is -0.377 e. The van der Waals surface area contributed by atoms with Crippen molar-refractivity contribution < 1.29 is 0 Å². The maximum Gasteiger partial charge on any atom is 0.0555 e. The van der Waals surface area contributed by atoms with Crippen LogP contribution in [0, 0.1) is 13.8 Å². The molecule has 1 N–H and O–H groups in total. The lowest BCUT2D eigenvalue weighted by Crippen LogP contribution is -2.05. The van der Waals surface area contributed by atoms with Gasteiger partial charge in [0.25, 0.3) is 0 Å². The summed E-state index contributed by atoms with van der Waals surface area (Å²) in [5, 5.41) is 4.43. The van der Waals surface area contributed by atoms with E-state index in [4.69, 9.17) is 11.6 Å². The third kappa shape index (κ3) is 1.89. The van der Waals surface area contributed by atoms with Gasteiger partial charge in [0, 0.05) is 10.7 Å². The highest BCUT2D eigenvalue weighted by molar-refractivity contribution is 6.31. The van der Waals surface area contributed by atoms with E-state index in [1.54, 1.807) is 0 Å². The number of anilines is 1. The largest absolute Gasteiger partial charge is 0.377 e. The van der Waals surface area contributed by atoms with Crippen LogP contribution in [0.2, 0.25) is 5.02 Å². The van der Waals surface area contributed by atoms with E-state index in [-0.39, 0.29) is 0 Å². The van der Waals surface area contributed by atoms with Crippen molar-refractivity contribution in [2.75, 3.05) is 5.32 Å². The molecule has 0 fully saturated rings. The number of rotatable bonds is 1. The van der Waals surface area contributed by atoms with Crippen molar-refractivity contribution in [2.45, 2.75) is 26.3 Å². The standard InChI is InChI=1S/C16H16ClN/c1-10-3-5-12(6-4-10)15-9-13-7-8-14(17)11(2)16(13)18-15/h3-8,15,18H,9H2,1-2H3. The van der Waals surface area contributed by atoms with Crippen molar-refractivity contribution in [1.82, 2.24) is 0 Å². The zero-order valence-electron chi connectivity index (χ0n) is 10.6. The van der Waals surface area contributed by atoms with Crippen molar-refractivity contribution in [3.8, 4) is 0 Å². The molecule has 18 heavy (non-hydrogen) atoms. The first kappa shape index (κ1) is 11.6. The van der Waals surface area contributed by atoms with Crippen LogP contribution >= 0.6 is 11.6 Å². The van der Waals surface area contributed by atoms with E-state index in [1.165, 1.54) is 22.4 Å². The highest BCUT2D eigenvalue weighted by Gasteiger charge is 2.23. The van der Waals surface area contributed by atoms with Gasteiger partial charge in [-0.05, 0) is 43.0 Å². The van der Waals surface area contributed by atoms with Crippen LogP contribution in [0.15, 0.2) is 36.4 Å². The lowest BCUT2D eigenvalue weighted by molar-refractivity contribution is 0.823. The van der Waals surface area contributed by atoms with E-state index in [0.29, 0.717) is 6.04 Å². The predicted molar refractivity (Wildman–Crippen MR) is 77.4 cm³/mol. The fourth-order valence-electron chi connectivity index (χ4n) is 2.56. The van der Waals surface area contributed by atoms with Crippen LogP contribution in [-0.4, -0.2) is 0 Å². The molecule has 1 aliphatic heterocycles. The summed E-state index contributed by atoms with van der Waals surface area (Å²) in [4.78, 5) is 0. The molecular weight excluding hydrogens is 242 g/mol. The highest BCUT2D eigenvalue weighted by atomic mass is 35.5. The summed E-state index contributed by atoms with van der Waals surface area (Å²) in [7, 11) is 0. The second-order valence-corrected chi connectivity index (χ2v) is 5.43. The summed E-state index contributed by atoms with van der Waals surface area (Å²) in [5.41, 5.74) is 6.38. The van der Waals surface area contributed by atoms with Gasteiger partial charge in [-0.1, -0.05) is 47.5 Å². The van der Waals surface area contributed by atoms with E-state index in [0.717, 1.165) is 17.0 Å². The highest BCUT2D eigenvalue weighted by Crippen LogP contribution is 2.38. The monoisotopic (exact) mass is 257 g/mol. The smallest absolute Gasteiger partial charge is 0.0555 e. The molecule has 2 heteroatoms. The van der Waals surface area contributed by atoms with Gasteiger partial charge in [-0.25, -0.2) is 0 Å². The predicted octanol–water partition coefficient (Wildman–Crippen LogP) is 4.67. The number of benzene rings is 2. The summed E-state index contributed by atoms with van der Waals surface area (Å²) in [5.74, 6) is 0. The van der Waals surface area contributed by atoms with Gasteiger partial charge in [0.2, 0.25) is 0 Å². The molecule has 92 valence electrons. The summed E-state index contributed by atoms with van der Waals surface area (Å²) in [6.45, 7) is 4.19. The average molecular weight is 258 g/mol. The van der Waals surface area contributed by atoms with Gasteiger partial charge in [-0.15, -0.1) is 0 Å². The quantitative estimate of drug-likeness (QED) is 0.783. The Hall–Kier alpha value is -1.47. The first-order chi connectivity index (χ1) is 8.65. The second kappa shape index (κ2) is 4.33. The zero-order chi connectivity index (χ0) is 12.7. The molecule has 0 aromatic heterocycles. The molecule has 2 aromatic carbocycles. The zero-order valence-corrected chi connectivity index (χ0v) is 11.4. The Balaban J connectivity index is 1.93. The summed E-state index contributed by atoms with van der Waals surface area (Å²) >= 11 is 6.17. The fourth-order valence-corrected chi connectivity index (χ4v) is 2.72. The minimum absolute atomic E-state index is 0.373. The van der Waals surface area contributed by atoms with E-state index in [2.05, 4.69) is 49.5 Å². The Labute approximate surface area is 113 Å². The van der Waals surface area contributed by atoms with Crippen LogP contribution in [0.4, 0.5) is 5.69 Å². The van der Waals surface area contributed by atoms with Crippen LogP contribution in [-0.2, 0) is 6.42 Å². The first-order valence-electron chi connectivity index (χ1n) is 6.26. The van der Waals surface area contributed by atoms with Crippen LogP contribution in [0.5, 0.6) is 0 Å². The Morgan fingerprint density at radius 3 is 2.50 bits per heavy atom. The molecule has 2 aromatic rings. The Morgan fingerprint density at radius 1 is 1.06 bits per heavy atom. The molecule has 0 bridgehead atoms. The van der Waals surface area contributed by atoms with Gasteiger partial charge < -0.3 is 5.32 Å². The van der Waals surface area contributed by atoms with E-state index in [9.17, 15) is 0 Å². The summed E-state index contributed by atoms with van der Waals surface area (Å²) in [6, 6.07) is 13.2. The number of halogens is 1. The summed E-state index contributed by atoms with van der Waals surface area (Å²) < 4.78 is 0. The van der Waals surface area contributed by atoms with Crippen molar-refractivity contribution in [1.29, 1.82) is 0 Å². The molecular formula is C16H16ClN. The van der Waals surface area contributed by atoms with Crippen LogP contribution < -0.4 is 5.32 Å². The van der Waals surface area contributed by atoms with Gasteiger partial charge >= 0.3 is 0 Å². The van der Waals surface area contributed by atoms with E-state index in [1.807, 2.05) is 6.07 Å². The van der Waals surface area contributed by atoms with E-state index >= 15 is 0 Å². The molecule has 1 atom stereocenters. The Morgan fingerprint density at radius 2 is 1.78 bits per heavy atom. The number of fused-ring (bicyclic) bond motifs is 1.